The Balaban J connectivity index is 1.78. The SMILES string of the molecule is C[C@H]1CCCC[C@@H]1NC(=O)COC(=O)c1ccc(Br)cc1. The van der Waals surface area contributed by atoms with Crippen molar-refractivity contribution in [3.8, 4) is 0 Å². The minimum absolute atomic E-state index is 0.206. The molecule has 2 rings (SSSR count). The lowest BCUT2D eigenvalue weighted by atomic mass is 9.86. The highest BCUT2D eigenvalue weighted by Gasteiger charge is 2.23. The molecule has 1 aromatic rings. The lowest BCUT2D eigenvalue weighted by molar-refractivity contribution is -0.125. The maximum Gasteiger partial charge on any atom is 0.338 e. The smallest absolute Gasteiger partial charge is 0.338 e. The van der Waals surface area contributed by atoms with Crippen molar-refractivity contribution in [2.45, 2.75) is 38.6 Å². The van der Waals surface area contributed by atoms with E-state index in [0.29, 0.717) is 11.5 Å². The standard InChI is InChI=1S/C16H20BrNO3/c1-11-4-2-3-5-14(11)18-15(19)10-21-16(20)12-6-8-13(17)9-7-12/h6-9,11,14H,2-5,10H2,1H3,(H,18,19)/t11-,14-/m0/s1. The van der Waals surface area contributed by atoms with Crippen molar-refractivity contribution in [2.75, 3.05) is 6.61 Å². The molecule has 114 valence electrons. The number of hydrogen-bond acceptors (Lipinski definition) is 3. The van der Waals surface area contributed by atoms with Crippen LogP contribution in [0.1, 0.15) is 43.0 Å². The number of hydrogen-bond donors (Lipinski definition) is 1. The molecule has 2 atom stereocenters. The number of benzene rings is 1. The van der Waals surface area contributed by atoms with E-state index in [-0.39, 0.29) is 18.6 Å². The molecule has 1 saturated carbocycles. The molecule has 1 aliphatic rings. The van der Waals surface area contributed by atoms with Crippen LogP contribution in [-0.4, -0.2) is 24.5 Å². The summed E-state index contributed by atoms with van der Waals surface area (Å²) in [6.07, 6.45) is 4.53. The third kappa shape index (κ3) is 4.84. The van der Waals surface area contributed by atoms with E-state index in [1.54, 1.807) is 24.3 Å². The van der Waals surface area contributed by atoms with Crippen LogP contribution in [0.2, 0.25) is 0 Å². The summed E-state index contributed by atoms with van der Waals surface area (Å²) < 4.78 is 5.93. The van der Waals surface area contributed by atoms with Gasteiger partial charge in [-0.1, -0.05) is 35.7 Å². The Morgan fingerprint density at radius 1 is 1.24 bits per heavy atom. The number of esters is 1. The molecule has 4 nitrogen and oxygen atoms in total. The highest BCUT2D eigenvalue weighted by molar-refractivity contribution is 9.10. The average Bonchev–Trinajstić information content (AvgIpc) is 2.48. The number of nitrogens with one attached hydrogen (secondary N) is 1. The molecule has 21 heavy (non-hydrogen) atoms. The summed E-state index contributed by atoms with van der Waals surface area (Å²) in [7, 11) is 0. The van der Waals surface area contributed by atoms with Crippen LogP contribution >= 0.6 is 15.9 Å². The van der Waals surface area contributed by atoms with Crippen molar-refractivity contribution in [3.63, 3.8) is 0 Å². The second-order valence-corrected chi connectivity index (χ2v) is 6.43. The molecule has 0 heterocycles. The highest BCUT2D eigenvalue weighted by Crippen LogP contribution is 2.23. The number of carbonyl (C=O) groups excluding carboxylic acids is 2. The van der Waals surface area contributed by atoms with Crippen LogP contribution in [-0.2, 0) is 9.53 Å². The molecule has 0 spiro atoms. The first-order valence-corrected chi connectivity index (χ1v) is 8.07. The number of rotatable bonds is 4. The number of amides is 1. The van der Waals surface area contributed by atoms with E-state index in [1.807, 2.05) is 0 Å². The van der Waals surface area contributed by atoms with E-state index in [0.717, 1.165) is 23.7 Å². The molecular weight excluding hydrogens is 334 g/mol. The Hall–Kier alpha value is -1.36. The van der Waals surface area contributed by atoms with Gasteiger partial charge in [0.05, 0.1) is 5.56 Å². The maximum absolute atomic E-state index is 11.9. The quantitative estimate of drug-likeness (QED) is 0.844. The molecule has 0 saturated heterocycles. The molecule has 1 aliphatic carbocycles. The molecule has 0 aromatic heterocycles. The van der Waals surface area contributed by atoms with Crippen molar-refractivity contribution < 1.29 is 14.3 Å². The van der Waals surface area contributed by atoms with Crippen LogP contribution in [0.4, 0.5) is 0 Å². The van der Waals surface area contributed by atoms with Crippen LogP contribution in [0.3, 0.4) is 0 Å². The van der Waals surface area contributed by atoms with Gasteiger partial charge in [-0.25, -0.2) is 4.79 Å². The van der Waals surface area contributed by atoms with Crippen molar-refractivity contribution in [1.82, 2.24) is 5.32 Å². The molecule has 5 heteroatoms. The fraction of sp³-hybridized carbons (Fsp3) is 0.500. The van der Waals surface area contributed by atoms with Gasteiger partial charge in [0.2, 0.25) is 0 Å². The van der Waals surface area contributed by atoms with Crippen LogP contribution in [0, 0.1) is 5.92 Å². The van der Waals surface area contributed by atoms with E-state index in [4.69, 9.17) is 4.74 Å². The second kappa shape index (κ2) is 7.59. The summed E-state index contributed by atoms with van der Waals surface area (Å²) in [6, 6.07) is 7.06. The van der Waals surface area contributed by atoms with Crippen molar-refractivity contribution >= 4 is 27.8 Å². The van der Waals surface area contributed by atoms with Crippen LogP contribution < -0.4 is 5.32 Å². The first kappa shape index (κ1) is 16.0. The van der Waals surface area contributed by atoms with Gasteiger partial charge in [-0.15, -0.1) is 0 Å². The molecule has 1 aromatic carbocycles. The van der Waals surface area contributed by atoms with Crippen LogP contribution in [0.15, 0.2) is 28.7 Å². The van der Waals surface area contributed by atoms with Crippen molar-refractivity contribution in [3.05, 3.63) is 34.3 Å². The average molecular weight is 354 g/mol. The van der Waals surface area contributed by atoms with E-state index in [9.17, 15) is 9.59 Å². The lowest BCUT2D eigenvalue weighted by Gasteiger charge is -2.29. The summed E-state index contributed by atoms with van der Waals surface area (Å²) in [6.45, 7) is 1.93. The summed E-state index contributed by atoms with van der Waals surface area (Å²) in [5.41, 5.74) is 0.442. The topological polar surface area (TPSA) is 55.4 Å². The van der Waals surface area contributed by atoms with Gasteiger partial charge < -0.3 is 10.1 Å². The van der Waals surface area contributed by atoms with Gasteiger partial charge in [0, 0.05) is 10.5 Å². The minimum Gasteiger partial charge on any atom is -0.452 e. The zero-order valence-corrected chi connectivity index (χ0v) is 13.7. The van der Waals surface area contributed by atoms with Gasteiger partial charge in [0.1, 0.15) is 0 Å². The molecule has 1 fully saturated rings. The number of ether oxygens (including phenoxy) is 1. The summed E-state index contributed by atoms with van der Waals surface area (Å²) >= 11 is 3.30. The van der Waals surface area contributed by atoms with Gasteiger partial charge in [0.25, 0.3) is 5.91 Å². The first-order valence-electron chi connectivity index (χ1n) is 7.28. The highest BCUT2D eigenvalue weighted by atomic mass is 79.9. The van der Waals surface area contributed by atoms with Crippen LogP contribution in [0.5, 0.6) is 0 Å². The van der Waals surface area contributed by atoms with Gasteiger partial charge in [-0.05, 0) is 43.0 Å². The lowest BCUT2D eigenvalue weighted by Crippen LogP contribution is -2.42. The Morgan fingerprint density at radius 2 is 1.90 bits per heavy atom. The number of carbonyl (C=O) groups is 2. The zero-order chi connectivity index (χ0) is 15.2. The Labute approximate surface area is 133 Å². The molecule has 1 amide bonds. The Kier molecular flexibility index (Phi) is 5.79. The van der Waals surface area contributed by atoms with E-state index in [2.05, 4.69) is 28.2 Å². The van der Waals surface area contributed by atoms with Crippen molar-refractivity contribution in [1.29, 1.82) is 0 Å². The third-order valence-electron chi connectivity index (χ3n) is 3.87. The molecule has 1 N–H and O–H groups in total. The monoisotopic (exact) mass is 353 g/mol. The predicted molar refractivity (Wildman–Crippen MR) is 84.0 cm³/mol. The first-order chi connectivity index (χ1) is 10.1. The van der Waals surface area contributed by atoms with Gasteiger partial charge >= 0.3 is 5.97 Å². The minimum atomic E-state index is -0.477. The molecule has 0 bridgehead atoms. The van der Waals surface area contributed by atoms with Crippen molar-refractivity contribution in [2.24, 2.45) is 5.92 Å². The van der Waals surface area contributed by atoms with E-state index in [1.165, 1.54) is 6.42 Å². The fourth-order valence-electron chi connectivity index (χ4n) is 2.58. The zero-order valence-electron chi connectivity index (χ0n) is 12.1. The Bertz CT molecular complexity index is 501. The molecule has 0 radical (unpaired) electrons. The molecule has 0 unspecified atom stereocenters. The summed E-state index contributed by atoms with van der Waals surface area (Å²) in [5.74, 6) is -0.210. The second-order valence-electron chi connectivity index (χ2n) is 5.52. The third-order valence-corrected chi connectivity index (χ3v) is 4.40. The predicted octanol–water partition coefficient (Wildman–Crippen LogP) is 3.30. The van der Waals surface area contributed by atoms with Gasteiger partial charge in [0.15, 0.2) is 6.61 Å². The van der Waals surface area contributed by atoms with Gasteiger partial charge in [-0.2, -0.15) is 0 Å². The fourth-order valence-corrected chi connectivity index (χ4v) is 2.84. The molecular formula is C16H20BrNO3. The van der Waals surface area contributed by atoms with E-state index < -0.39 is 5.97 Å². The maximum atomic E-state index is 11.9. The summed E-state index contributed by atoms with van der Waals surface area (Å²) in [5, 5.41) is 2.96. The van der Waals surface area contributed by atoms with E-state index >= 15 is 0 Å². The van der Waals surface area contributed by atoms with Crippen LogP contribution in [0.25, 0.3) is 0 Å². The Morgan fingerprint density at radius 3 is 2.57 bits per heavy atom. The summed E-state index contributed by atoms with van der Waals surface area (Å²) in [4.78, 5) is 23.7. The normalized spacial score (nSPS) is 21.6. The van der Waals surface area contributed by atoms with Gasteiger partial charge in [-0.3, -0.25) is 4.79 Å². The molecule has 0 aliphatic heterocycles. The largest absolute Gasteiger partial charge is 0.452 e. The number of halogens is 1.